The Morgan fingerprint density at radius 3 is 2.44 bits per heavy atom. The minimum absolute atomic E-state index is 0.0466. The number of nitrogens with one attached hydrogen (secondary N) is 1. The van der Waals surface area contributed by atoms with Gasteiger partial charge in [0.2, 0.25) is 5.78 Å². The highest BCUT2D eigenvalue weighted by Crippen LogP contribution is 2.27. The van der Waals surface area contributed by atoms with Crippen LogP contribution in [0.2, 0.25) is 0 Å². The van der Waals surface area contributed by atoms with Gasteiger partial charge in [0, 0.05) is 18.4 Å². The van der Waals surface area contributed by atoms with Crippen molar-refractivity contribution in [2.75, 3.05) is 0 Å². The first-order chi connectivity index (χ1) is 11.9. The van der Waals surface area contributed by atoms with E-state index >= 15 is 0 Å². The second-order valence-corrected chi connectivity index (χ2v) is 6.37. The summed E-state index contributed by atoms with van der Waals surface area (Å²) in [6, 6.07) is 10.2. The lowest BCUT2D eigenvalue weighted by Gasteiger charge is -2.16. The molecule has 7 nitrogen and oxygen atoms in total. The fourth-order valence-electron chi connectivity index (χ4n) is 3.48. The molecule has 0 saturated heterocycles. The predicted octanol–water partition coefficient (Wildman–Crippen LogP) is 1.90. The van der Waals surface area contributed by atoms with Gasteiger partial charge < -0.3 is 4.57 Å². The SMILES string of the molecule is Cc1c(C)n2c3c(=O)[nH]c(=O)n(C)c3nc2n1[C@H](C)c1ccccc1. The van der Waals surface area contributed by atoms with Crippen molar-refractivity contribution in [3.63, 3.8) is 0 Å². The number of nitrogens with zero attached hydrogens (tertiary/aromatic N) is 4. The van der Waals surface area contributed by atoms with E-state index in [4.69, 9.17) is 0 Å². The summed E-state index contributed by atoms with van der Waals surface area (Å²) >= 11 is 0. The molecule has 0 radical (unpaired) electrons. The molecule has 4 rings (SSSR count). The maximum Gasteiger partial charge on any atom is 0.329 e. The molecule has 0 saturated carbocycles. The summed E-state index contributed by atoms with van der Waals surface area (Å²) in [5.74, 6) is 0.660. The molecule has 25 heavy (non-hydrogen) atoms. The first-order valence-corrected chi connectivity index (χ1v) is 8.15. The maximum atomic E-state index is 12.4. The molecular formula is C18H19N5O2. The van der Waals surface area contributed by atoms with E-state index < -0.39 is 11.2 Å². The molecule has 0 unspecified atom stereocenters. The monoisotopic (exact) mass is 337 g/mol. The van der Waals surface area contributed by atoms with Crippen molar-refractivity contribution in [3.8, 4) is 0 Å². The zero-order chi connectivity index (χ0) is 17.9. The van der Waals surface area contributed by atoms with Gasteiger partial charge in [0.1, 0.15) is 0 Å². The van der Waals surface area contributed by atoms with Gasteiger partial charge in [-0.2, -0.15) is 4.98 Å². The standard InChI is InChI=1S/C18H19N5O2/c1-10-11(2)23-14-15(21(4)18(25)20-16(14)24)19-17(23)22(10)12(3)13-8-6-5-7-9-13/h5-9,12H,1-4H3,(H,20,24,25)/t12-/m1/s1. The molecule has 0 aliphatic heterocycles. The molecule has 0 spiro atoms. The Labute approximate surface area is 143 Å². The number of rotatable bonds is 2. The van der Waals surface area contributed by atoms with Crippen LogP contribution in [0.1, 0.15) is 29.9 Å². The van der Waals surface area contributed by atoms with Crippen molar-refractivity contribution in [2.24, 2.45) is 7.05 Å². The van der Waals surface area contributed by atoms with Crippen LogP contribution in [0.5, 0.6) is 0 Å². The second kappa shape index (κ2) is 5.20. The van der Waals surface area contributed by atoms with Gasteiger partial charge in [-0.05, 0) is 26.3 Å². The van der Waals surface area contributed by atoms with E-state index in [1.54, 1.807) is 7.05 Å². The van der Waals surface area contributed by atoms with Crippen LogP contribution in [-0.4, -0.2) is 23.5 Å². The highest BCUT2D eigenvalue weighted by molar-refractivity contribution is 5.76. The summed E-state index contributed by atoms with van der Waals surface area (Å²) in [5.41, 5.74) is 3.03. The second-order valence-electron chi connectivity index (χ2n) is 6.37. The maximum absolute atomic E-state index is 12.4. The molecule has 7 heteroatoms. The van der Waals surface area contributed by atoms with E-state index in [0.717, 1.165) is 17.0 Å². The van der Waals surface area contributed by atoms with Crippen molar-refractivity contribution in [2.45, 2.75) is 26.8 Å². The normalized spacial score (nSPS) is 13.0. The molecule has 0 amide bonds. The lowest BCUT2D eigenvalue weighted by molar-refractivity contribution is 0.638. The molecule has 1 aromatic carbocycles. The van der Waals surface area contributed by atoms with Gasteiger partial charge >= 0.3 is 5.69 Å². The lowest BCUT2D eigenvalue weighted by atomic mass is 10.1. The quantitative estimate of drug-likeness (QED) is 0.607. The van der Waals surface area contributed by atoms with Crippen LogP contribution >= 0.6 is 0 Å². The third kappa shape index (κ3) is 2.02. The molecule has 0 fully saturated rings. The van der Waals surface area contributed by atoms with Crippen LogP contribution in [0.25, 0.3) is 16.9 Å². The first-order valence-electron chi connectivity index (χ1n) is 8.15. The lowest BCUT2D eigenvalue weighted by Crippen LogP contribution is -2.28. The topological polar surface area (TPSA) is 77.1 Å². The summed E-state index contributed by atoms with van der Waals surface area (Å²) in [7, 11) is 1.61. The molecule has 3 aromatic heterocycles. The Bertz CT molecular complexity index is 1220. The Balaban J connectivity index is 2.14. The van der Waals surface area contributed by atoms with Crippen LogP contribution in [0.15, 0.2) is 39.9 Å². The average molecular weight is 337 g/mol. The molecule has 0 aliphatic carbocycles. The van der Waals surface area contributed by atoms with Crippen molar-refractivity contribution >= 4 is 16.9 Å². The number of aromatic amines is 1. The van der Waals surface area contributed by atoms with Gasteiger partial charge in [-0.3, -0.25) is 18.7 Å². The highest BCUT2D eigenvalue weighted by atomic mass is 16.2. The van der Waals surface area contributed by atoms with Crippen LogP contribution in [-0.2, 0) is 7.05 Å². The zero-order valence-electron chi connectivity index (χ0n) is 14.6. The molecule has 1 N–H and O–H groups in total. The third-order valence-electron chi connectivity index (χ3n) is 5.00. The number of benzene rings is 1. The van der Waals surface area contributed by atoms with E-state index in [9.17, 15) is 9.59 Å². The predicted molar refractivity (Wildman–Crippen MR) is 96.3 cm³/mol. The zero-order valence-corrected chi connectivity index (χ0v) is 14.6. The van der Waals surface area contributed by atoms with Crippen molar-refractivity contribution < 1.29 is 0 Å². The van der Waals surface area contributed by atoms with E-state index in [0.29, 0.717) is 16.9 Å². The number of fused-ring (bicyclic) bond motifs is 3. The Hall–Kier alpha value is -3.09. The molecule has 0 aliphatic rings. The van der Waals surface area contributed by atoms with Crippen molar-refractivity contribution in [3.05, 3.63) is 68.1 Å². The van der Waals surface area contributed by atoms with Crippen molar-refractivity contribution in [1.29, 1.82) is 0 Å². The molecule has 1 atom stereocenters. The minimum atomic E-state index is -0.463. The van der Waals surface area contributed by atoms with Crippen LogP contribution in [0.3, 0.4) is 0 Å². The van der Waals surface area contributed by atoms with Gasteiger partial charge in [0.25, 0.3) is 5.56 Å². The molecular weight excluding hydrogens is 318 g/mol. The number of aryl methyl sites for hydroxylation is 2. The van der Waals surface area contributed by atoms with Crippen LogP contribution in [0.4, 0.5) is 0 Å². The number of imidazole rings is 2. The van der Waals surface area contributed by atoms with E-state index in [2.05, 4.69) is 33.6 Å². The number of hydrogen-bond donors (Lipinski definition) is 1. The summed E-state index contributed by atoms with van der Waals surface area (Å²) in [6.07, 6.45) is 0. The number of hydrogen-bond acceptors (Lipinski definition) is 3. The molecule has 0 bridgehead atoms. The van der Waals surface area contributed by atoms with E-state index in [-0.39, 0.29) is 6.04 Å². The molecule has 3 heterocycles. The Kier molecular flexibility index (Phi) is 3.21. The first kappa shape index (κ1) is 15.4. The van der Waals surface area contributed by atoms with Crippen LogP contribution in [0, 0.1) is 13.8 Å². The number of aromatic nitrogens is 5. The fourth-order valence-corrected chi connectivity index (χ4v) is 3.48. The fraction of sp³-hybridized carbons (Fsp3) is 0.278. The van der Waals surface area contributed by atoms with E-state index in [1.807, 2.05) is 36.4 Å². The van der Waals surface area contributed by atoms with Gasteiger partial charge in [-0.1, -0.05) is 30.3 Å². The van der Waals surface area contributed by atoms with Gasteiger partial charge in [-0.15, -0.1) is 0 Å². The Morgan fingerprint density at radius 1 is 1.08 bits per heavy atom. The van der Waals surface area contributed by atoms with Crippen molar-refractivity contribution in [1.82, 2.24) is 23.5 Å². The van der Waals surface area contributed by atoms with Gasteiger partial charge in [0.15, 0.2) is 11.2 Å². The van der Waals surface area contributed by atoms with Gasteiger partial charge in [-0.25, -0.2) is 4.79 Å². The molecule has 4 aromatic rings. The molecule has 128 valence electrons. The summed E-state index contributed by atoms with van der Waals surface area (Å²) in [6.45, 7) is 6.08. The summed E-state index contributed by atoms with van der Waals surface area (Å²) < 4.78 is 5.31. The summed E-state index contributed by atoms with van der Waals surface area (Å²) in [5, 5.41) is 0. The smallest absolute Gasteiger partial charge is 0.307 e. The van der Waals surface area contributed by atoms with Gasteiger partial charge in [0.05, 0.1) is 6.04 Å². The summed E-state index contributed by atoms with van der Waals surface area (Å²) in [4.78, 5) is 31.3. The largest absolute Gasteiger partial charge is 0.329 e. The third-order valence-corrected chi connectivity index (χ3v) is 5.00. The van der Waals surface area contributed by atoms with E-state index in [1.165, 1.54) is 4.57 Å². The highest BCUT2D eigenvalue weighted by Gasteiger charge is 2.23. The Morgan fingerprint density at radius 2 is 1.76 bits per heavy atom. The average Bonchev–Trinajstić information content (AvgIpc) is 3.10. The number of H-pyrrole nitrogens is 1. The van der Waals surface area contributed by atoms with Crippen LogP contribution < -0.4 is 11.2 Å². The minimum Gasteiger partial charge on any atom is -0.307 e.